The number of hydrogen-bond donors (Lipinski definition) is 3. The number of amides is 2. The number of fused-ring (bicyclic) bond motifs is 1. The van der Waals surface area contributed by atoms with Crippen molar-refractivity contribution < 1.29 is 18.0 Å². The molecule has 2 aromatic rings. The highest BCUT2D eigenvalue weighted by Gasteiger charge is 2.24. The van der Waals surface area contributed by atoms with Gasteiger partial charge in [0.1, 0.15) is 5.84 Å². The van der Waals surface area contributed by atoms with E-state index in [-0.39, 0.29) is 16.1 Å². The number of carbonyl (C=O) groups excluding carboxylic acids is 2. The van der Waals surface area contributed by atoms with Gasteiger partial charge in [0.2, 0.25) is 5.91 Å². The zero-order valence-electron chi connectivity index (χ0n) is 16.1. The molecule has 0 saturated carbocycles. The number of benzene rings is 2. The lowest BCUT2D eigenvalue weighted by molar-refractivity contribution is -0.115. The van der Waals surface area contributed by atoms with Crippen LogP contribution in [0.1, 0.15) is 30.1 Å². The molecule has 2 amide bonds. The van der Waals surface area contributed by atoms with Gasteiger partial charge >= 0.3 is 0 Å². The Balaban J connectivity index is 1.51. The summed E-state index contributed by atoms with van der Waals surface area (Å²) in [5.74, 6) is -0.0617. The fourth-order valence-electron chi connectivity index (χ4n) is 3.13. The van der Waals surface area contributed by atoms with E-state index in [1.807, 2.05) is 6.92 Å². The number of thioether (sulfide) groups is 1. The minimum Gasteiger partial charge on any atom is -0.324 e. The monoisotopic (exact) mass is 444 g/mol. The lowest BCUT2D eigenvalue weighted by atomic mass is 10.1. The maximum absolute atomic E-state index is 12.7. The summed E-state index contributed by atoms with van der Waals surface area (Å²) in [7, 11) is -3.77. The molecular weight excluding hydrogens is 424 g/mol. The lowest BCUT2D eigenvalue weighted by Gasteiger charge is -2.21. The number of rotatable bonds is 4. The quantitative estimate of drug-likeness (QED) is 0.670. The van der Waals surface area contributed by atoms with Gasteiger partial charge in [-0.25, -0.2) is 8.42 Å². The highest BCUT2D eigenvalue weighted by molar-refractivity contribution is 8.01. The molecule has 0 aliphatic carbocycles. The van der Waals surface area contributed by atoms with Crippen LogP contribution in [0.25, 0.3) is 0 Å². The third-order valence-corrected chi connectivity index (χ3v) is 7.26. The van der Waals surface area contributed by atoms with E-state index < -0.39 is 15.9 Å². The molecule has 10 heteroatoms. The third-order valence-electron chi connectivity index (χ3n) is 4.70. The zero-order chi connectivity index (χ0) is 21.3. The summed E-state index contributed by atoms with van der Waals surface area (Å²) in [5, 5.41) is 5.31. The maximum atomic E-state index is 12.7. The van der Waals surface area contributed by atoms with E-state index >= 15 is 0 Å². The van der Waals surface area contributed by atoms with Crippen molar-refractivity contribution in [2.24, 2.45) is 4.99 Å². The van der Waals surface area contributed by atoms with Crippen molar-refractivity contribution in [2.45, 2.75) is 34.8 Å². The second-order valence-corrected chi connectivity index (χ2v) is 10.0. The molecule has 3 N–H and O–H groups in total. The Bertz CT molecular complexity index is 1160. The van der Waals surface area contributed by atoms with Gasteiger partial charge in [0.05, 0.1) is 15.8 Å². The number of amidine groups is 1. The Morgan fingerprint density at radius 2 is 2.07 bits per heavy atom. The van der Waals surface area contributed by atoms with Crippen LogP contribution >= 0.6 is 11.8 Å². The largest absolute Gasteiger partial charge is 0.324 e. The van der Waals surface area contributed by atoms with Crippen LogP contribution in [0.3, 0.4) is 0 Å². The highest BCUT2D eigenvalue weighted by Crippen LogP contribution is 2.36. The molecule has 2 aromatic carbocycles. The SMILES string of the molecule is CC1Sc2ccc(C(=O)Nc3cccc(S(=O)(=O)NC4=NCCC4)c3)cc2NC1=O. The predicted molar refractivity (Wildman–Crippen MR) is 117 cm³/mol. The Morgan fingerprint density at radius 3 is 2.83 bits per heavy atom. The van der Waals surface area contributed by atoms with Crippen LogP contribution < -0.4 is 15.4 Å². The average molecular weight is 445 g/mol. The summed E-state index contributed by atoms with van der Waals surface area (Å²) in [6.45, 7) is 2.44. The van der Waals surface area contributed by atoms with E-state index in [4.69, 9.17) is 0 Å². The van der Waals surface area contributed by atoms with Crippen LogP contribution in [0, 0.1) is 0 Å². The minimum atomic E-state index is -3.77. The second kappa shape index (κ2) is 8.11. The standard InChI is InChI=1S/C20H20N4O4S2/c1-12-19(25)23-16-10-13(7-8-17(16)29-12)20(26)22-14-4-2-5-15(11-14)30(27,28)24-18-6-3-9-21-18/h2,4-5,7-8,10-12H,3,6,9H2,1H3,(H,21,24)(H,22,26)(H,23,25). The van der Waals surface area contributed by atoms with Crippen LogP contribution in [-0.4, -0.2) is 37.9 Å². The number of nitrogens with zero attached hydrogens (tertiary/aromatic N) is 1. The van der Waals surface area contributed by atoms with Gasteiger partial charge in [-0.3, -0.25) is 19.3 Å². The van der Waals surface area contributed by atoms with Gasteiger partial charge in [-0.05, 0) is 49.7 Å². The first-order valence-electron chi connectivity index (χ1n) is 9.41. The molecule has 1 unspecified atom stereocenters. The molecule has 8 nitrogen and oxygen atoms in total. The maximum Gasteiger partial charge on any atom is 0.262 e. The van der Waals surface area contributed by atoms with Crippen molar-refractivity contribution in [3.05, 3.63) is 48.0 Å². The Kier molecular flexibility index (Phi) is 5.52. The van der Waals surface area contributed by atoms with Crippen molar-refractivity contribution in [1.29, 1.82) is 0 Å². The molecular formula is C20H20N4O4S2. The number of nitrogens with one attached hydrogen (secondary N) is 3. The second-order valence-electron chi connectivity index (χ2n) is 6.98. The van der Waals surface area contributed by atoms with Crippen LogP contribution in [0.4, 0.5) is 11.4 Å². The van der Waals surface area contributed by atoms with Crippen LogP contribution in [0.5, 0.6) is 0 Å². The van der Waals surface area contributed by atoms with Gasteiger partial charge < -0.3 is 10.6 Å². The zero-order valence-corrected chi connectivity index (χ0v) is 17.8. The molecule has 0 aromatic heterocycles. The fraction of sp³-hybridized carbons (Fsp3) is 0.250. The van der Waals surface area contributed by atoms with Gasteiger partial charge in [-0.2, -0.15) is 0 Å². The third kappa shape index (κ3) is 4.34. The van der Waals surface area contributed by atoms with Gasteiger partial charge in [-0.15, -0.1) is 11.8 Å². The summed E-state index contributed by atoms with van der Waals surface area (Å²) in [6.07, 6.45) is 1.42. The van der Waals surface area contributed by atoms with E-state index in [9.17, 15) is 18.0 Å². The van der Waals surface area contributed by atoms with Gasteiger partial charge in [0.25, 0.3) is 15.9 Å². The van der Waals surface area contributed by atoms with Crippen molar-refractivity contribution in [1.82, 2.24) is 4.72 Å². The van der Waals surface area contributed by atoms with E-state index in [2.05, 4.69) is 20.3 Å². The van der Waals surface area contributed by atoms with E-state index in [1.54, 1.807) is 30.3 Å². The predicted octanol–water partition coefficient (Wildman–Crippen LogP) is 2.84. The van der Waals surface area contributed by atoms with Gasteiger partial charge in [0, 0.05) is 29.1 Å². The first kappa shape index (κ1) is 20.4. The van der Waals surface area contributed by atoms with Crippen LogP contribution in [0.15, 0.2) is 57.2 Å². The number of anilines is 2. The average Bonchev–Trinajstić information content (AvgIpc) is 3.21. The molecule has 0 fully saturated rings. The molecule has 2 aliphatic rings. The van der Waals surface area contributed by atoms with Crippen LogP contribution in [0.2, 0.25) is 0 Å². The molecule has 2 aliphatic heterocycles. The minimum absolute atomic E-state index is 0.0398. The molecule has 0 radical (unpaired) electrons. The molecule has 0 saturated heterocycles. The molecule has 4 rings (SSSR count). The van der Waals surface area contributed by atoms with E-state index in [0.717, 1.165) is 11.3 Å². The Hall–Kier alpha value is -2.85. The molecule has 0 spiro atoms. The van der Waals surface area contributed by atoms with E-state index in [0.29, 0.717) is 35.7 Å². The first-order valence-corrected chi connectivity index (χ1v) is 11.8. The first-order chi connectivity index (χ1) is 14.3. The van der Waals surface area contributed by atoms with Crippen LogP contribution in [-0.2, 0) is 14.8 Å². The molecule has 30 heavy (non-hydrogen) atoms. The molecule has 2 heterocycles. The van der Waals surface area contributed by atoms with Crippen molar-refractivity contribution >= 4 is 50.8 Å². The lowest BCUT2D eigenvalue weighted by Crippen LogP contribution is -2.29. The number of sulfonamides is 1. The normalized spacial score (nSPS) is 18.2. The number of hydrogen-bond acceptors (Lipinski definition) is 6. The Labute approximate surface area is 178 Å². The summed E-state index contributed by atoms with van der Waals surface area (Å²) >= 11 is 1.43. The summed E-state index contributed by atoms with van der Waals surface area (Å²) in [4.78, 5) is 29.6. The number of aliphatic imine (C=N–C) groups is 1. The Morgan fingerprint density at radius 1 is 1.23 bits per heavy atom. The molecule has 0 bridgehead atoms. The molecule has 156 valence electrons. The van der Waals surface area contributed by atoms with Crippen molar-refractivity contribution in [3.8, 4) is 0 Å². The summed E-state index contributed by atoms with van der Waals surface area (Å²) in [5.41, 5.74) is 1.30. The van der Waals surface area contributed by atoms with E-state index in [1.165, 1.54) is 23.9 Å². The molecule has 1 atom stereocenters. The van der Waals surface area contributed by atoms with Crippen molar-refractivity contribution in [3.63, 3.8) is 0 Å². The fourth-order valence-corrected chi connectivity index (χ4v) is 5.20. The summed E-state index contributed by atoms with van der Waals surface area (Å²) in [6, 6.07) is 11.1. The smallest absolute Gasteiger partial charge is 0.262 e. The van der Waals surface area contributed by atoms with Gasteiger partial charge in [-0.1, -0.05) is 6.07 Å². The highest BCUT2D eigenvalue weighted by atomic mass is 32.2. The van der Waals surface area contributed by atoms with Gasteiger partial charge in [0.15, 0.2) is 0 Å². The topological polar surface area (TPSA) is 117 Å². The van der Waals surface area contributed by atoms with Crippen molar-refractivity contribution in [2.75, 3.05) is 17.2 Å². The number of carbonyl (C=O) groups is 2. The summed E-state index contributed by atoms with van der Waals surface area (Å²) < 4.78 is 27.6.